The molecule has 0 N–H and O–H groups in total. The zero-order valence-corrected chi connectivity index (χ0v) is 16.9. The summed E-state index contributed by atoms with van der Waals surface area (Å²) in [5, 5.41) is 2.78. The van der Waals surface area contributed by atoms with Crippen LogP contribution < -0.4 is 0 Å². The number of halogens is 2. The van der Waals surface area contributed by atoms with Crippen molar-refractivity contribution in [2.24, 2.45) is 5.41 Å². The van der Waals surface area contributed by atoms with Crippen molar-refractivity contribution in [2.45, 2.75) is 32.6 Å². The quantitative estimate of drug-likeness (QED) is 0.400. The number of hydrogen-bond donors (Lipinski definition) is 0. The number of benzene rings is 3. The minimum Gasteiger partial charge on any atom is -0.205 e. The highest BCUT2D eigenvalue weighted by Crippen LogP contribution is 2.50. The summed E-state index contributed by atoms with van der Waals surface area (Å²) in [6, 6.07) is 18.3. The van der Waals surface area contributed by atoms with E-state index in [1.807, 2.05) is 12.1 Å². The van der Waals surface area contributed by atoms with Crippen LogP contribution in [0.4, 0.5) is 4.39 Å². The van der Waals surface area contributed by atoms with Crippen LogP contribution >= 0.6 is 11.6 Å². The van der Waals surface area contributed by atoms with Gasteiger partial charge in [-0.15, -0.1) is 0 Å². The SMILES string of the molecule is CC1(C)C=CC2=C(C1)C(c1ccc(F)c(Cl)c1)Cc1c2ccc2ccccc12. The fourth-order valence-corrected chi connectivity index (χ4v) is 5.01. The maximum Gasteiger partial charge on any atom is 0.141 e. The third kappa shape index (κ3) is 2.81. The molecule has 0 radical (unpaired) electrons. The maximum absolute atomic E-state index is 13.8. The Morgan fingerprint density at radius 2 is 1.86 bits per heavy atom. The molecule has 0 saturated heterocycles. The Bertz CT molecular complexity index is 1170. The molecular weight excluding hydrogens is 367 g/mol. The number of fused-ring (bicyclic) bond motifs is 4. The highest BCUT2D eigenvalue weighted by molar-refractivity contribution is 6.30. The lowest BCUT2D eigenvalue weighted by Crippen LogP contribution is -2.22. The van der Waals surface area contributed by atoms with Gasteiger partial charge in [0, 0.05) is 5.92 Å². The molecule has 1 atom stereocenters. The molecular formula is C26H22ClF. The summed E-state index contributed by atoms with van der Waals surface area (Å²) in [6.45, 7) is 4.55. The van der Waals surface area contributed by atoms with E-state index in [-0.39, 0.29) is 22.2 Å². The topological polar surface area (TPSA) is 0 Å². The fraction of sp³-hybridized carbons (Fsp3) is 0.231. The van der Waals surface area contributed by atoms with E-state index in [1.54, 1.807) is 0 Å². The van der Waals surface area contributed by atoms with Gasteiger partial charge in [0.15, 0.2) is 0 Å². The van der Waals surface area contributed by atoms with Crippen molar-refractivity contribution in [3.63, 3.8) is 0 Å². The largest absolute Gasteiger partial charge is 0.205 e. The molecule has 3 aromatic carbocycles. The number of rotatable bonds is 1. The van der Waals surface area contributed by atoms with Crippen molar-refractivity contribution in [2.75, 3.05) is 0 Å². The predicted octanol–water partition coefficient (Wildman–Crippen LogP) is 7.71. The average Bonchev–Trinajstić information content (AvgIpc) is 2.68. The summed E-state index contributed by atoms with van der Waals surface area (Å²) in [5.41, 5.74) is 6.71. The van der Waals surface area contributed by atoms with Gasteiger partial charge >= 0.3 is 0 Å². The molecule has 0 nitrogen and oxygen atoms in total. The van der Waals surface area contributed by atoms with Crippen LogP contribution in [0.15, 0.2) is 72.3 Å². The van der Waals surface area contributed by atoms with Crippen LogP contribution in [0.1, 0.15) is 42.9 Å². The van der Waals surface area contributed by atoms with E-state index in [0.29, 0.717) is 0 Å². The second-order valence-electron chi connectivity index (χ2n) is 8.68. The molecule has 0 aliphatic heterocycles. The summed E-state index contributed by atoms with van der Waals surface area (Å²) < 4.78 is 13.8. The number of hydrogen-bond acceptors (Lipinski definition) is 0. The molecule has 0 heterocycles. The normalized spacial score (nSPS) is 20.2. The van der Waals surface area contributed by atoms with Gasteiger partial charge in [0.1, 0.15) is 5.82 Å². The molecule has 0 fully saturated rings. The highest BCUT2D eigenvalue weighted by atomic mass is 35.5. The monoisotopic (exact) mass is 388 g/mol. The first-order valence-corrected chi connectivity index (χ1v) is 10.2. The smallest absolute Gasteiger partial charge is 0.141 e. The molecule has 140 valence electrons. The second kappa shape index (κ2) is 6.32. The Labute approximate surface area is 170 Å². The van der Waals surface area contributed by atoms with E-state index in [9.17, 15) is 4.39 Å². The van der Waals surface area contributed by atoms with Gasteiger partial charge in [0.2, 0.25) is 0 Å². The first-order chi connectivity index (χ1) is 13.4. The fourth-order valence-electron chi connectivity index (χ4n) is 4.82. The van der Waals surface area contributed by atoms with E-state index in [0.717, 1.165) is 18.4 Å². The molecule has 2 aliphatic rings. The molecule has 28 heavy (non-hydrogen) atoms. The molecule has 0 aromatic heterocycles. The minimum absolute atomic E-state index is 0.120. The number of allylic oxidation sites excluding steroid dienone is 4. The first-order valence-electron chi connectivity index (χ1n) is 9.81. The molecule has 2 aliphatic carbocycles. The van der Waals surface area contributed by atoms with Crippen molar-refractivity contribution in [3.8, 4) is 0 Å². The highest BCUT2D eigenvalue weighted by Gasteiger charge is 2.34. The van der Waals surface area contributed by atoms with Crippen LogP contribution in [0.5, 0.6) is 0 Å². The van der Waals surface area contributed by atoms with Crippen LogP contribution in [0.25, 0.3) is 16.3 Å². The van der Waals surface area contributed by atoms with E-state index in [4.69, 9.17) is 11.6 Å². The van der Waals surface area contributed by atoms with Gasteiger partial charge in [-0.2, -0.15) is 0 Å². The van der Waals surface area contributed by atoms with Crippen LogP contribution in [0.2, 0.25) is 5.02 Å². The van der Waals surface area contributed by atoms with Gasteiger partial charge in [0.25, 0.3) is 0 Å². The Kier molecular flexibility index (Phi) is 4.00. The summed E-state index contributed by atoms with van der Waals surface area (Å²) in [5.74, 6) is -0.138. The summed E-state index contributed by atoms with van der Waals surface area (Å²) >= 11 is 6.15. The van der Waals surface area contributed by atoms with Crippen LogP contribution in [0, 0.1) is 11.2 Å². The zero-order chi connectivity index (χ0) is 19.5. The van der Waals surface area contributed by atoms with Crippen LogP contribution in [-0.4, -0.2) is 0 Å². The lowest BCUT2D eigenvalue weighted by Gasteiger charge is -2.37. The van der Waals surface area contributed by atoms with Crippen molar-refractivity contribution >= 4 is 27.9 Å². The summed E-state index contributed by atoms with van der Waals surface area (Å²) in [6.07, 6.45) is 6.54. The molecule has 0 amide bonds. The lowest BCUT2D eigenvalue weighted by molar-refractivity contribution is 0.453. The van der Waals surface area contributed by atoms with Gasteiger partial charge in [-0.3, -0.25) is 0 Å². The van der Waals surface area contributed by atoms with Crippen molar-refractivity contribution < 1.29 is 4.39 Å². The van der Waals surface area contributed by atoms with E-state index in [1.165, 1.54) is 39.1 Å². The molecule has 2 heteroatoms. The Balaban J connectivity index is 1.76. The van der Waals surface area contributed by atoms with Crippen molar-refractivity contribution in [3.05, 3.63) is 99.9 Å². The predicted molar refractivity (Wildman–Crippen MR) is 116 cm³/mol. The molecule has 5 rings (SSSR count). The summed E-state index contributed by atoms with van der Waals surface area (Å²) in [7, 11) is 0. The minimum atomic E-state index is -0.356. The van der Waals surface area contributed by atoms with Gasteiger partial charge < -0.3 is 0 Å². The van der Waals surface area contributed by atoms with Gasteiger partial charge in [-0.1, -0.05) is 85.6 Å². The molecule has 0 saturated carbocycles. The molecule has 0 spiro atoms. The first kappa shape index (κ1) is 17.7. The average molecular weight is 389 g/mol. The maximum atomic E-state index is 13.8. The lowest BCUT2D eigenvalue weighted by atomic mass is 9.67. The molecule has 0 bridgehead atoms. The second-order valence-corrected chi connectivity index (χ2v) is 9.09. The third-order valence-electron chi connectivity index (χ3n) is 6.20. The van der Waals surface area contributed by atoms with Crippen LogP contribution in [-0.2, 0) is 6.42 Å². The van der Waals surface area contributed by atoms with Gasteiger partial charge in [-0.05, 0) is 63.4 Å². The van der Waals surface area contributed by atoms with Crippen LogP contribution in [0.3, 0.4) is 0 Å². The summed E-state index contributed by atoms with van der Waals surface area (Å²) in [4.78, 5) is 0. The Morgan fingerprint density at radius 1 is 1.04 bits per heavy atom. The molecule has 3 aromatic rings. The van der Waals surface area contributed by atoms with Gasteiger partial charge in [0.05, 0.1) is 5.02 Å². The van der Waals surface area contributed by atoms with Crippen molar-refractivity contribution in [1.82, 2.24) is 0 Å². The van der Waals surface area contributed by atoms with E-state index < -0.39 is 0 Å². The van der Waals surface area contributed by atoms with E-state index in [2.05, 4.69) is 62.4 Å². The van der Waals surface area contributed by atoms with Gasteiger partial charge in [-0.25, -0.2) is 4.39 Å². The standard InChI is InChI=1S/C26H22ClF/c1-26(2)12-11-20-19-9-7-16-5-3-4-6-18(16)22(19)14-21(23(20)15-26)17-8-10-25(28)24(27)13-17/h3-13,21H,14-15H2,1-2H3. The van der Waals surface area contributed by atoms with Crippen molar-refractivity contribution in [1.29, 1.82) is 0 Å². The third-order valence-corrected chi connectivity index (χ3v) is 6.49. The molecule has 1 unspecified atom stereocenters. The Hall–Kier alpha value is -2.38. The van der Waals surface area contributed by atoms with E-state index >= 15 is 0 Å². The zero-order valence-electron chi connectivity index (χ0n) is 16.1. The Morgan fingerprint density at radius 3 is 2.68 bits per heavy atom.